The van der Waals surface area contributed by atoms with Crippen molar-refractivity contribution >= 4 is 11.6 Å². The highest BCUT2D eigenvalue weighted by Crippen LogP contribution is 2.19. The number of hydrogen-bond donors (Lipinski definition) is 1. The van der Waals surface area contributed by atoms with E-state index in [0.717, 1.165) is 17.8 Å². The van der Waals surface area contributed by atoms with E-state index in [0.29, 0.717) is 17.1 Å². The maximum Gasteiger partial charge on any atom is 0.110 e. The van der Waals surface area contributed by atoms with Gasteiger partial charge in [0.15, 0.2) is 0 Å². The Morgan fingerprint density at radius 1 is 1.53 bits per heavy atom. The summed E-state index contributed by atoms with van der Waals surface area (Å²) < 4.78 is 2.02. The van der Waals surface area contributed by atoms with Crippen LogP contribution in [0.3, 0.4) is 0 Å². The predicted molar refractivity (Wildman–Crippen MR) is 74.8 cm³/mol. The quantitative estimate of drug-likeness (QED) is 0.930. The molecule has 1 aromatic carbocycles. The van der Waals surface area contributed by atoms with Crippen LogP contribution in [0.5, 0.6) is 0 Å². The molecule has 0 radical (unpaired) electrons. The van der Waals surface area contributed by atoms with E-state index in [-0.39, 0.29) is 6.04 Å². The molecule has 98 valence electrons. The summed E-state index contributed by atoms with van der Waals surface area (Å²) >= 11 is 6.17. The molecular weight excluding hydrogens is 260 g/mol. The van der Waals surface area contributed by atoms with E-state index in [1.165, 1.54) is 0 Å². The van der Waals surface area contributed by atoms with E-state index in [1.807, 2.05) is 23.8 Å². The van der Waals surface area contributed by atoms with Gasteiger partial charge in [0, 0.05) is 29.9 Å². The normalized spacial score (nSPS) is 12.1. The van der Waals surface area contributed by atoms with Gasteiger partial charge in [0.1, 0.15) is 5.82 Å². The minimum absolute atomic E-state index is 0.0672. The third kappa shape index (κ3) is 3.34. The molecule has 0 amide bonds. The van der Waals surface area contributed by atoms with Crippen molar-refractivity contribution in [2.75, 3.05) is 0 Å². The van der Waals surface area contributed by atoms with E-state index < -0.39 is 0 Å². The van der Waals surface area contributed by atoms with Crippen molar-refractivity contribution in [3.63, 3.8) is 0 Å². The average Bonchev–Trinajstić information content (AvgIpc) is 2.78. The third-order valence-electron chi connectivity index (χ3n) is 2.83. The number of aromatic nitrogens is 2. The van der Waals surface area contributed by atoms with Crippen molar-refractivity contribution in [1.29, 1.82) is 5.26 Å². The lowest BCUT2D eigenvalue weighted by Crippen LogP contribution is -2.20. The van der Waals surface area contributed by atoms with Crippen molar-refractivity contribution in [3.05, 3.63) is 52.6 Å². The molecule has 0 bridgehead atoms. The van der Waals surface area contributed by atoms with Crippen LogP contribution in [0, 0.1) is 11.3 Å². The smallest absolute Gasteiger partial charge is 0.110 e. The van der Waals surface area contributed by atoms with Crippen molar-refractivity contribution in [1.82, 2.24) is 9.55 Å². The number of benzene rings is 1. The molecule has 0 aliphatic rings. The number of halogens is 1. The Hall–Kier alpha value is -1.83. The summed E-state index contributed by atoms with van der Waals surface area (Å²) in [5.41, 5.74) is 7.33. The van der Waals surface area contributed by atoms with E-state index in [2.05, 4.69) is 11.1 Å². The van der Waals surface area contributed by atoms with Crippen LogP contribution in [0.2, 0.25) is 5.02 Å². The summed E-state index contributed by atoms with van der Waals surface area (Å²) in [7, 11) is 0. The predicted octanol–water partition coefficient (Wildman–Crippen LogP) is 2.35. The molecule has 4 nitrogen and oxygen atoms in total. The van der Waals surface area contributed by atoms with Gasteiger partial charge in [0.05, 0.1) is 18.2 Å². The zero-order valence-electron chi connectivity index (χ0n) is 10.7. The van der Waals surface area contributed by atoms with Crippen LogP contribution in [-0.2, 0) is 13.0 Å². The molecule has 0 aliphatic carbocycles. The minimum atomic E-state index is 0.0672. The van der Waals surface area contributed by atoms with E-state index >= 15 is 0 Å². The second-order valence-electron chi connectivity index (χ2n) is 4.57. The zero-order chi connectivity index (χ0) is 13.8. The van der Waals surface area contributed by atoms with Gasteiger partial charge >= 0.3 is 0 Å². The summed E-state index contributed by atoms with van der Waals surface area (Å²) in [4.78, 5) is 4.30. The van der Waals surface area contributed by atoms with Gasteiger partial charge in [-0.2, -0.15) is 5.26 Å². The first-order chi connectivity index (χ1) is 9.10. The molecule has 1 heterocycles. The average molecular weight is 275 g/mol. The van der Waals surface area contributed by atoms with Crippen LogP contribution in [0.15, 0.2) is 30.6 Å². The molecule has 0 saturated heterocycles. The summed E-state index contributed by atoms with van der Waals surface area (Å²) in [6, 6.07) is 7.46. The maximum absolute atomic E-state index is 8.82. The van der Waals surface area contributed by atoms with E-state index in [4.69, 9.17) is 22.6 Å². The van der Waals surface area contributed by atoms with Gasteiger partial charge in [-0.15, -0.1) is 0 Å². The molecule has 1 unspecified atom stereocenters. The first-order valence-corrected chi connectivity index (χ1v) is 6.42. The summed E-state index contributed by atoms with van der Waals surface area (Å²) in [6.07, 6.45) is 4.39. The van der Waals surface area contributed by atoms with Crippen LogP contribution in [0.1, 0.15) is 23.9 Å². The van der Waals surface area contributed by atoms with Gasteiger partial charge in [-0.05, 0) is 24.6 Å². The molecule has 1 atom stereocenters. The van der Waals surface area contributed by atoms with Gasteiger partial charge < -0.3 is 10.3 Å². The second-order valence-corrected chi connectivity index (χ2v) is 4.98. The first-order valence-electron chi connectivity index (χ1n) is 6.04. The van der Waals surface area contributed by atoms with Crippen LogP contribution < -0.4 is 5.73 Å². The Labute approximate surface area is 117 Å². The van der Waals surface area contributed by atoms with Crippen molar-refractivity contribution < 1.29 is 0 Å². The lowest BCUT2D eigenvalue weighted by atomic mass is 10.1. The maximum atomic E-state index is 8.82. The molecule has 5 heteroatoms. The number of rotatable bonds is 4. The molecule has 0 aliphatic heterocycles. The lowest BCUT2D eigenvalue weighted by Gasteiger charge is -2.11. The van der Waals surface area contributed by atoms with Gasteiger partial charge in [-0.3, -0.25) is 0 Å². The molecule has 19 heavy (non-hydrogen) atoms. The fourth-order valence-electron chi connectivity index (χ4n) is 1.89. The van der Waals surface area contributed by atoms with Crippen molar-refractivity contribution in [2.24, 2.45) is 5.73 Å². The molecule has 0 spiro atoms. The van der Waals surface area contributed by atoms with Crippen molar-refractivity contribution in [2.45, 2.75) is 25.9 Å². The van der Waals surface area contributed by atoms with Crippen LogP contribution in [0.25, 0.3) is 0 Å². The van der Waals surface area contributed by atoms with Gasteiger partial charge in [-0.25, -0.2) is 4.98 Å². The number of hydrogen-bond acceptors (Lipinski definition) is 3. The Morgan fingerprint density at radius 2 is 2.32 bits per heavy atom. The third-order valence-corrected chi connectivity index (χ3v) is 3.18. The van der Waals surface area contributed by atoms with Gasteiger partial charge in [0.25, 0.3) is 0 Å². The van der Waals surface area contributed by atoms with Crippen molar-refractivity contribution in [3.8, 4) is 6.07 Å². The number of imidazole rings is 1. The minimum Gasteiger partial charge on any atom is -0.330 e. The van der Waals surface area contributed by atoms with Gasteiger partial charge in [0.2, 0.25) is 0 Å². The highest BCUT2D eigenvalue weighted by atomic mass is 35.5. The fourth-order valence-corrected chi connectivity index (χ4v) is 2.13. The first kappa shape index (κ1) is 13.6. The van der Waals surface area contributed by atoms with Crippen LogP contribution in [-0.4, -0.2) is 15.6 Å². The Kier molecular flexibility index (Phi) is 4.20. The highest BCUT2D eigenvalue weighted by molar-refractivity contribution is 6.31. The standard InChI is InChI=1S/C14H15ClN4/c1-10(17)6-14-18-4-5-19(14)9-12-3-2-11(8-16)7-13(12)15/h2-5,7,10H,6,9,17H2,1H3. The number of nitrogens with two attached hydrogens (primary N) is 1. The molecule has 2 N–H and O–H groups in total. The summed E-state index contributed by atoms with van der Waals surface area (Å²) in [5.74, 6) is 0.940. The molecule has 0 fully saturated rings. The monoisotopic (exact) mass is 274 g/mol. The lowest BCUT2D eigenvalue weighted by molar-refractivity contribution is 0.648. The SMILES string of the molecule is CC(N)Cc1nccn1Cc1ccc(C#N)cc1Cl. The highest BCUT2D eigenvalue weighted by Gasteiger charge is 2.08. The zero-order valence-corrected chi connectivity index (χ0v) is 11.4. The number of nitrogens with zero attached hydrogens (tertiary/aromatic N) is 3. The Bertz CT molecular complexity index is 610. The van der Waals surface area contributed by atoms with E-state index in [9.17, 15) is 0 Å². The largest absolute Gasteiger partial charge is 0.330 e. The van der Waals surface area contributed by atoms with Crippen LogP contribution in [0.4, 0.5) is 0 Å². The topological polar surface area (TPSA) is 67.6 Å². The summed E-state index contributed by atoms with van der Waals surface area (Å²) in [5, 5.41) is 9.41. The Morgan fingerprint density at radius 3 is 2.95 bits per heavy atom. The molecule has 1 aromatic heterocycles. The number of nitriles is 1. The molecule has 2 rings (SSSR count). The Balaban J connectivity index is 2.22. The van der Waals surface area contributed by atoms with E-state index in [1.54, 1.807) is 18.3 Å². The molecular formula is C14H15ClN4. The fraction of sp³-hybridized carbons (Fsp3) is 0.286. The summed E-state index contributed by atoms with van der Waals surface area (Å²) in [6.45, 7) is 2.58. The van der Waals surface area contributed by atoms with Crippen LogP contribution >= 0.6 is 11.6 Å². The molecule has 0 saturated carbocycles. The molecule has 2 aromatic rings. The second kappa shape index (κ2) is 5.87. The van der Waals surface area contributed by atoms with Gasteiger partial charge in [-0.1, -0.05) is 17.7 Å².